The van der Waals surface area contributed by atoms with Crippen LogP contribution in [0.1, 0.15) is 26.7 Å². The quantitative estimate of drug-likeness (QED) is 0.626. The van der Waals surface area contributed by atoms with Crippen molar-refractivity contribution in [2.24, 2.45) is 0 Å². The minimum atomic E-state index is -2.96. The Kier molecular flexibility index (Phi) is 4.98. The Morgan fingerprint density at radius 2 is 1.92 bits per heavy atom. The molecular formula is C8H16O4S. The summed E-state index contributed by atoms with van der Waals surface area (Å²) in [6.07, 6.45) is 1.53. The standard InChI is InChI=1S/C8H16O4S/c1-7(2)12-8(9)5-4-6-13(3,10)11/h7H,4-6H2,1-3H3. The van der Waals surface area contributed by atoms with E-state index in [2.05, 4.69) is 0 Å². The minimum Gasteiger partial charge on any atom is -0.463 e. The van der Waals surface area contributed by atoms with E-state index in [1.165, 1.54) is 0 Å². The highest BCUT2D eigenvalue weighted by atomic mass is 32.2. The Labute approximate surface area is 79.2 Å². The van der Waals surface area contributed by atoms with Gasteiger partial charge in [0.15, 0.2) is 0 Å². The van der Waals surface area contributed by atoms with E-state index >= 15 is 0 Å². The lowest BCUT2D eigenvalue weighted by atomic mass is 10.3. The van der Waals surface area contributed by atoms with Crippen LogP contribution in [-0.2, 0) is 19.4 Å². The highest BCUT2D eigenvalue weighted by molar-refractivity contribution is 7.90. The number of sulfone groups is 1. The molecule has 78 valence electrons. The topological polar surface area (TPSA) is 60.4 Å². The van der Waals surface area contributed by atoms with E-state index in [0.717, 1.165) is 6.26 Å². The number of rotatable bonds is 5. The molecule has 13 heavy (non-hydrogen) atoms. The maximum atomic E-state index is 10.9. The molecule has 0 saturated carbocycles. The molecule has 0 bridgehead atoms. The Morgan fingerprint density at radius 3 is 2.31 bits per heavy atom. The maximum absolute atomic E-state index is 10.9. The molecule has 0 spiro atoms. The first-order chi connectivity index (χ1) is 5.81. The fourth-order valence-corrected chi connectivity index (χ4v) is 1.47. The highest BCUT2D eigenvalue weighted by Crippen LogP contribution is 1.99. The number of ether oxygens (including phenoxy) is 1. The van der Waals surface area contributed by atoms with Crippen molar-refractivity contribution in [2.75, 3.05) is 12.0 Å². The van der Waals surface area contributed by atoms with Gasteiger partial charge in [0.25, 0.3) is 0 Å². The number of carbonyl (C=O) groups is 1. The van der Waals surface area contributed by atoms with Gasteiger partial charge in [0.05, 0.1) is 11.9 Å². The third-order valence-electron chi connectivity index (χ3n) is 1.26. The summed E-state index contributed by atoms with van der Waals surface area (Å²) in [5.41, 5.74) is 0. The lowest BCUT2D eigenvalue weighted by Gasteiger charge is -2.06. The van der Waals surface area contributed by atoms with Crippen molar-refractivity contribution in [1.29, 1.82) is 0 Å². The van der Waals surface area contributed by atoms with Crippen LogP contribution in [-0.4, -0.2) is 32.5 Å². The second-order valence-corrected chi connectivity index (χ2v) is 5.53. The zero-order chi connectivity index (χ0) is 10.5. The Morgan fingerprint density at radius 1 is 1.38 bits per heavy atom. The molecule has 0 aromatic carbocycles. The SMILES string of the molecule is CC(C)OC(=O)CCCS(C)(=O)=O. The first-order valence-corrected chi connectivity index (χ1v) is 6.24. The number of hydrogen-bond donors (Lipinski definition) is 0. The van der Waals surface area contributed by atoms with Gasteiger partial charge in [0, 0.05) is 12.7 Å². The molecule has 0 rings (SSSR count). The van der Waals surface area contributed by atoms with Crippen molar-refractivity contribution in [1.82, 2.24) is 0 Å². The zero-order valence-electron chi connectivity index (χ0n) is 8.24. The van der Waals surface area contributed by atoms with E-state index < -0.39 is 9.84 Å². The summed E-state index contributed by atoms with van der Waals surface area (Å²) in [7, 11) is -2.96. The van der Waals surface area contributed by atoms with Crippen LogP contribution in [0.3, 0.4) is 0 Å². The largest absolute Gasteiger partial charge is 0.463 e. The van der Waals surface area contributed by atoms with Crippen molar-refractivity contribution < 1.29 is 17.9 Å². The van der Waals surface area contributed by atoms with E-state index in [0.29, 0.717) is 6.42 Å². The van der Waals surface area contributed by atoms with Crippen molar-refractivity contribution in [3.8, 4) is 0 Å². The van der Waals surface area contributed by atoms with Gasteiger partial charge in [-0.25, -0.2) is 8.42 Å². The van der Waals surface area contributed by atoms with Crippen LogP contribution in [0.4, 0.5) is 0 Å². The molecule has 0 aromatic heterocycles. The average Bonchev–Trinajstić information content (AvgIpc) is 1.81. The molecule has 0 atom stereocenters. The molecular weight excluding hydrogens is 192 g/mol. The molecule has 0 radical (unpaired) electrons. The lowest BCUT2D eigenvalue weighted by Crippen LogP contribution is -2.13. The van der Waals surface area contributed by atoms with E-state index in [1.54, 1.807) is 13.8 Å². The molecule has 4 nitrogen and oxygen atoms in total. The molecule has 0 aliphatic carbocycles. The molecule has 0 fully saturated rings. The second-order valence-electron chi connectivity index (χ2n) is 3.27. The zero-order valence-corrected chi connectivity index (χ0v) is 9.06. The van der Waals surface area contributed by atoms with Gasteiger partial charge in [-0.3, -0.25) is 4.79 Å². The summed E-state index contributed by atoms with van der Waals surface area (Å²) in [6.45, 7) is 3.52. The second kappa shape index (κ2) is 5.21. The van der Waals surface area contributed by atoms with Gasteiger partial charge in [-0.2, -0.15) is 0 Å². The first kappa shape index (κ1) is 12.4. The molecule has 0 saturated heterocycles. The third-order valence-corrected chi connectivity index (χ3v) is 2.29. The Hall–Kier alpha value is -0.580. The van der Waals surface area contributed by atoms with Gasteiger partial charge < -0.3 is 4.74 Å². The summed E-state index contributed by atoms with van der Waals surface area (Å²) in [4.78, 5) is 10.9. The summed E-state index contributed by atoms with van der Waals surface area (Å²) in [5.74, 6) is -0.293. The minimum absolute atomic E-state index is 0.0419. The van der Waals surface area contributed by atoms with Crippen molar-refractivity contribution in [3.05, 3.63) is 0 Å². The van der Waals surface area contributed by atoms with Crippen LogP contribution in [0.15, 0.2) is 0 Å². The predicted octanol–water partition coefficient (Wildman–Crippen LogP) is 0.763. The van der Waals surface area contributed by atoms with Crippen LogP contribution >= 0.6 is 0 Å². The fraction of sp³-hybridized carbons (Fsp3) is 0.875. The van der Waals surface area contributed by atoms with Gasteiger partial charge in [0.2, 0.25) is 0 Å². The van der Waals surface area contributed by atoms with Crippen molar-refractivity contribution in [2.45, 2.75) is 32.8 Å². The van der Waals surface area contributed by atoms with Gasteiger partial charge in [-0.1, -0.05) is 0 Å². The molecule has 0 unspecified atom stereocenters. The molecule has 0 heterocycles. The van der Waals surface area contributed by atoms with E-state index in [-0.39, 0.29) is 24.2 Å². The van der Waals surface area contributed by atoms with Crippen LogP contribution in [0.2, 0.25) is 0 Å². The lowest BCUT2D eigenvalue weighted by molar-refractivity contribution is -0.147. The van der Waals surface area contributed by atoms with Crippen LogP contribution in [0.5, 0.6) is 0 Å². The summed E-state index contributed by atoms with van der Waals surface area (Å²) < 4.78 is 26.2. The van der Waals surface area contributed by atoms with Gasteiger partial charge in [0.1, 0.15) is 9.84 Å². The molecule has 5 heteroatoms. The van der Waals surface area contributed by atoms with Crippen LogP contribution < -0.4 is 0 Å². The van der Waals surface area contributed by atoms with Crippen LogP contribution in [0.25, 0.3) is 0 Å². The fourth-order valence-electron chi connectivity index (χ4n) is 0.801. The van der Waals surface area contributed by atoms with Gasteiger partial charge >= 0.3 is 5.97 Å². The smallest absolute Gasteiger partial charge is 0.306 e. The summed E-state index contributed by atoms with van der Waals surface area (Å²) >= 11 is 0. The van der Waals surface area contributed by atoms with E-state index in [9.17, 15) is 13.2 Å². The normalized spacial score (nSPS) is 11.7. The summed E-state index contributed by atoms with van der Waals surface area (Å²) in [5, 5.41) is 0. The Balaban J connectivity index is 3.61. The van der Waals surface area contributed by atoms with Gasteiger partial charge in [-0.15, -0.1) is 0 Å². The number of carbonyl (C=O) groups excluding carboxylic acids is 1. The molecule has 0 N–H and O–H groups in total. The van der Waals surface area contributed by atoms with E-state index in [4.69, 9.17) is 4.74 Å². The molecule has 0 aromatic rings. The summed E-state index contributed by atoms with van der Waals surface area (Å²) in [6, 6.07) is 0. The van der Waals surface area contributed by atoms with Crippen LogP contribution in [0, 0.1) is 0 Å². The average molecular weight is 208 g/mol. The van der Waals surface area contributed by atoms with Crippen molar-refractivity contribution >= 4 is 15.8 Å². The Bertz CT molecular complexity index is 253. The monoisotopic (exact) mass is 208 g/mol. The molecule has 0 aliphatic heterocycles. The molecule has 0 aliphatic rings. The number of esters is 1. The number of hydrogen-bond acceptors (Lipinski definition) is 4. The third kappa shape index (κ3) is 9.33. The molecule has 0 amide bonds. The van der Waals surface area contributed by atoms with E-state index in [1.807, 2.05) is 0 Å². The maximum Gasteiger partial charge on any atom is 0.306 e. The van der Waals surface area contributed by atoms with Gasteiger partial charge in [-0.05, 0) is 20.3 Å². The van der Waals surface area contributed by atoms with Crippen molar-refractivity contribution in [3.63, 3.8) is 0 Å². The highest BCUT2D eigenvalue weighted by Gasteiger charge is 2.07. The first-order valence-electron chi connectivity index (χ1n) is 4.18. The predicted molar refractivity (Wildman–Crippen MR) is 50.2 cm³/mol.